The van der Waals surface area contributed by atoms with Crippen LogP contribution in [0.3, 0.4) is 0 Å². The van der Waals surface area contributed by atoms with Gasteiger partial charge in [0.05, 0.1) is 6.20 Å². The smallest absolute Gasteiger partial charge is 0.296 e. The van der Waals surface area contributed by atoms with Crippen LogP contribution in [0.15, 0.2) is 17.1 Å². The number of nitrogens with zero attached hydrogens (tertiary/aromatic N) is 4. The molecule has 0 saturated carbocycles. The summed E-state index contributed by atoms with van der Waals surface area (Å²) in [6, 6.07) is 1.62. The van der Waals surface area contributed by atoms with Crippen LogP contribution in [0.25, 0.3) is 5.13 Å². The molecule has 2 aromatic rings. The molecule has 0 aliphatic heterocycles. The lowest BCUT2D eigenvalue weighted by atomic mass is 10.5. The normalized spacial score (nSPS) is 10.3. The van der Waals surface area contributed by atoms with Gasteiger partial charge in [0.25, 0.3) is 5.56 Å². The van der Waals surface area contributed by atoms with Gasteiger partial charge in [-0.15, -0.1) is 10.2 Å². The average molecular weight is 223 g/mol. The van der Waals surface area contributed by atoms with Gasteiger partial charge in [0.2, 0.25) is 5.13 Å². The lowest BCUT2D eigenvalue weighted by Crippen LogP contribution is -2.22. The van der Waals surface area contributed by atoms with E-state index in [-0.39, 0.29) is 5.56 Å². The summed E-state index contributed by atoms with van der Waals surface area (Å²) >= 11 is 1.32. The van der Waals surface area contributed by atoms with Crippen molar-refractivity contribution in [2.24, 2.45) is 0 Å². The molecule has 0 aliphatic rings. The maximum Gasteiger partial charge on any atom is 0.296 e. The van der Waals surface area contributed by atoms with Crippen molar-refractivity contribution in [2.45, 2.75) is 6.92 Å². The quantitative estimate of drug-likeness (QED) is 0.799. The Morgan fingerprint density at radius 1 is 1.47 bits per heavy atom. The number of hydrogen-bond donors (Lipinski definition) is 1. The predicted molar refractivity (Wildman–Crippen MR) is 57.6 cm³/mol. The first-order valence-corrected chi connectivity index (χ1v) is 5.10. The van der Waals surface area contributed by atoms with Crippen LogP contribution in [0.1, 0.15) is 5.01 Å². The Morgan fingerprint density at radius 2 is 2.27 bits per heavy atom. The summed E-state index contributed by atoms with van der Waals surface area (Å²) in [4.78, 5) is 11.8. The molecule has 0 bridgehead atoms. The number of anilines is 1. The monoisotopic (exact) mass is 223 g/mol. The fourth-order valence-electron chi connectivity index (χ4n) is 1.11. The third-order valence-corrected chi connectivity index (χ3v) is 2.63. The molecule has 0 unspecified atom stereocenters. The van der Waals surface area contributed by atoms with Crippen LogP contribution in [0.4, 0.5) is 5.69 Å². The molecule has 0 aromatic carbocycles. The van der Waals surface area contributed by atoms with E-state index in [1.54, 1.807) is 19.3 Å². The zero-order chi connectivity index (χ0) is 10.8. The molecule has 2 heterocycles. The van der Waals surface area contributed by atoms with Crippen LogP contribution in [0, 0.1) is 6.92 Å². The topological polar surface area (TPSA) is 72.7 Å². The van der Waals surface area contributed by atoms with E-state index in [2.05, 4.69) is 20.6 Å². The molecule has 0 atom stereocenters. The summed E-state index contributed by atoms with van der Waals surface area (Å²) in [7, 11) is 1.69. The van der Waals surface area contributed by atoms with Crippen LogP contribution < -0.4 is 10.9 Å². The molecule has 2 aromatic heterocycles. The van der Waals surface area contributed by atoms with Gasteiger partial charge in [-0.25, -0.2) is 0 Å². The molecule has 78 valence electrons. The van der Waals surface area contributed by atoms with Gasteiger partial charge in [-0.1, -0.05) is 11.3 Å². The lowest BCUT2D eigenvalue weighted by Gasteiger charge is -2.01. The van der Waals surface area contributed by atoms with E-state index in [0.29, 0.717) is 10.8 Å². The van der Waals surface area contributed by atoms with Gasteiger partial charge in [-0.3, -0.25) is 4.79 Å². The highest BCUT2D eigenvalue weighted by atomic mass is 32.1. The van der Waals surface area contributed by atoms with E-state index in [0.717, 1.165) is 5.01 Å². The lowest BCUT2D eigenvalue weighted by molar-refractivity contribution is 0.785. The summed E-state index contributed by atoms with van der Waals surface area (Å²) in [5, 5.41) is 15.7. The van der Waals surface area contributed by atoms with Crippen molar-refractivity contribution in [1.29, 1.82) is 0 Å². The first kappa shape index (κ1) is 9.78. The minimum atomic E-state index is -0.226. The van der Waals surface area contributed by atoms with Crippen LogP contribution in [-0.2, 0) is 0 Å². The average Bonchev–Trinajstić information content (AvgIpc) is 2.65. The van der Waals surface area contributed by atoms with Crippen molar-refractivity contribution in [3.8, 4) is 5.13 Å². The number of aromatic nitrogens is 4. The molecule has 6 nitrogen and oxygen atoms in total. The molecule has 0 fully saturated rings. The Hall–Kier alpha value is -1.76. The van der Waals surface area contributed by atoms with Gasteiger partial charge in [-0.05, 0) is 13.0 Å². The van der Waals surface area contributed by atoms with Crippen LogP contribution in [0.5, 0.6) is 0 Å². The maximum absolute atomic E-state index is 11.8. The zero-order valence-corrected chi connectivity index (χ0v) is 9.08. The third-order valence-electron chi connectivity index (χ3n) is 1.81. The van der Waals surface area contributed by atoms with Gasteiger partial charge in [0.1, 0.15) is 10.7 Å². The zero-order valence-electron chi connectivity index (χ0n) is 8.26. The first-order chi connectivity index (χ1) is 7.22. The molecule has 0 saturated heterocycles. The van der Waals surface area contributed by atoms with Crippen molar-refractivity contribution in [1.82, 2.24) is 20.0 Å². The van der Waals surface area contributed by atoms with Crippen molar-refractivity contribution in [3.05, 3.63) is 27.6 Å². The second-order valence-electron chi connectivity index (χ2n) is 2.82. The molecule has 0 aliphatic carbocycles. The fourth-order valence-corrected chi connectivity index (χ4v) is 1.75. The molecule has 0 spiro atoms. The standard InChI is InChI=1S/C8H9N5OS/c1-5-11-12-8(15-5)13-7(14)6(9-2)3-4-10-13/h3-4,9H,1-2H3. The van der Waals surface area contributed by atoms with E-state index in [1.165, 1.54) is 16.0 Å². The highest BCUT2D eigenvalue weighted by Gasteiger charge is 2.08. The Bertz CT molecular complexity index is 532. The van der Waals surface area contributed by atoms with E-state index in [9.17, 15) is 4.79 Å². The second-order valence-corrected chi connectivity index (χ2v) is 3.98. The Labute approximate surface area is 89.6 Å². The van der Waals surface area contributed by atoms with Crippen LogP contribution in [-0.4, -0.2) is 27.0 Å². The van der Waals surface area contributed by atoms with Crippen molar-refractivity contribution in [2.75, 3.05) is 12.4 Å². The molecular weight excluding hydrogens is 214 g/mol. The summed E-state index contributed by atoms with van der Waals surface area (Å²) in [5.74, 6) is 0. The van der Waals surface area contributed by atoms with Gasteiger partial charge < -0.3 is 5.32 Å². The Kier molecular flexibility index (Phi) is 2.46. The summed E-state index contributed by atoms with van der Waals surface area (Å²) in [6.45, 7) is 1.83. The predicted octanol–water partition coefficient (Wildman–Crippen LogP) is 0.434. The van der Waals surface area contributed by atoms with Crippen molar-refractivity contribution in [3.63, 3.8) is 0 Å². The molecule has 0 amide bonds. The van der Waals surface area contributed by atoms with E-state index < -0.39 is 0 Å². The fraction of sp³-hybridized carbons (Fsp3) is 0.250. The SMILES string of the molecule is CNc1ccnn(-c2nnc(C)s2)c1=O. The minimum Gasteiger partial charge on any atom is -0.384 e. The molecule has 2 rings (SSSR count). The molecule has 7 heteroatoms. The van der Waals surface area contributed by atoms with E-state index >= 15 is 0 Å². The summed E-state index contributed by atoms with van der Waals surface area (Å²) < 4.78 is 1.23. The maximum atomic E-state index is 11.8. The summed E-state index contributed by atoms with van der Waals surface area (Å²) in [5.41, 5.74) is 0.258. The Balaban J connectivity index is 2.58. The van der Waals surface area contributed by atoms with Crippen molar-refractivity contribution >= 4 is 17.0 Å². The number of aryl methyl sites for hydroxylation is 1. The van der Waals surface area contributed by atoms with Crippen LogP contribution in [0.2, 0.25) is 0 Å². The molecule has 1 N–H and O–H groups in total. The second kappa shape index (κ2) is 3.77. The first-order valence-electron chi connectivity index (χ1n) is 4.29. The highest BCUT2D eigenvalue weighted by molar-refractivity contribution is 7.13. The van der Waals surface area contributed by atoms with Gasteiger partial charge in [0, 0.05) is 7.05 Å². The molecule has 15 heavy (non-hydrogen) atoms. The Morgan fingerprint density at radius 3 is 2.87 bits per heavy atom. The van der Waals surface area contributed by atoms with Crippen molar-refractivity contribution < 1.29 is 0 Å². The highest BCUT2D eigenvalue weighted by Crippen LogP contribution is 2.10. The number of nitrogens with one attached hydrogen (secondary N) is 1. The number of rotatable bonds is 2. The summed E-state index contributed by atoms with van der Waals surface area (Å²) in [6.07, 6.45) is 1.55. The van der Waals surface area contributed by atoms with E-state index in [4.69, 9.17) is 0 Å². The largest absolute Gasteiger partial charge is 0.384 e. The van der Waals surface area contributed by atoms with E-state index in [1.807, 2.05) is 6.92 Å². The van der Waals surface area contributed by atoms with Gasteiger partial charge in [0.15, 0.2) is 0 Å². The van der Waals surface area contributed by atoms with Gasteiger partial charge >= 0.3 is 0 Å². The molecular formula is C8H9N5OS. The minimum absolute atomic E-state index is 0.226. The molecule has 0 radical (unpaired) electrons. The number of hydrogen-bond acceptors (Lipinski definition) is 6. The van der Waals surface area contributed by atoms with Gasteiger partial charge in [-0.2, -0.15) is 9.78 Å². The third kappa shape index (κ3) is 1.73. The van der Waals surface area contributed by atoms with Crippen LogP contribution >= 0.6 is 11.3 Å².